The van der Waals surface area contributed by atoms with Gasteiger partial charge in [0.1, 0.15) is 18.2 Å². The number of benzene rings is 2. The molecule has 7 nitrogen and oxygen atoms in total. The summed E-state index contributed by atoms with van der Waals surface area (Å²) in [5.41, 5.74) is 6.41. The van der Waals surface area contributed by atoms with Crippen LogP contribution < -0.4 is 5.73 Å². The van der Waals surface area contributed by atoms with Crippen molar-refractivity contribution in [2.24, 2.45) is 17.1 Å². The second-order valence-corrected chi connectivity index (χ2v) is 9.99. The Bertz CT molecular complexity index is 1180. The number of amides is 1. The van der Waals surface area contributed by atoms with Crippen LogP contribution >= 0.6 is 0 Å². The van der Waals surface area contributed by atoms with Crippen molar-refractivity contribution in [2.45, 2.75) is 33.4 Å². The van der Waals surface area contributed by atoms with Gasteiger partial charge in [0.25, 0.3) is 0 Å². The van der Waals surface area contributed by atoms with Gasteiger partial charge in [-0.3, -0.25) is 4.79 Å². The zero-order valence-electron chi connectivity index (χ0n) is 20.2. The van der Waals surface area contributed by atoms with Crippen LogP contribution in [0.15, 0.2) is 48.5 Å². The van der Waals surface area contributed by atoms with E-state index in [1.807, 2.05) is 51.1 Å². The number of halogens is 2. The maximum atomic E-state index is 14.7. The van der Waals surface area contributed by atoms with Crippen molar-refractivity contribution in [1.29, 1.82) is 0 Å². The summed E-state index contributed by atoms with van der Waals surface area (Å²) in [6.45, 7) is 7.50. The molecule has 0 radical (unpaired) electrons. The molecule has 186 valence electrons. The highest BCUT2D eigenvalue weighted by atomic mass is 19.1. The van der Waals surface area contributed by atoms with Crippen molar-refractivity contribution >= 4 is 5.91 Å². The molecule has 9 heteroatoms. The first-order valence-corrected chi connectivity index (χ1v) is 11.7. The molecule has 2 atom stereocenters. The topological polar surface area (TPSA) is 86.3 Å². The van der Waals surface area contributed by atoms with Gasteiger partial charge in [-0.15, -0.1) is 0 Å². The smallest absolute Gasteiger partial charge is 0.249 e. The van der Waals surface area contributed by atoms with Gasteiger partial charge in [-0.05, 0) is 35.7 Å². The van der Waals surface area contributed by atoms with E-state index in [0.717, 1.165) is 23.8 Å². The molecule has 0 bridgehead atoms. The van der Waals surface area contributed by atoms with Gasteiger partial charge in [0.05, 0.1) is 24.8 Å². The van der Waals surface area contributed by atoms with E-state index in [9.17, 15) is 13.6 Å². The fourth-order valence-electron chi connectivity index (χ4n) is 4.43. The molecule has 0 aliphatic carbocycles. The molecule has 35 heavy (non-hydrogen) atoms. The first-order valence-electron chi connectivity index (χ1n) is 11.7. The lowest BCUT2D eigenvalue weighted by molar-refractivity contribution is -0.139. The van der Waals surface area contributed by atoms with Gasteiger partial charge in [-0.1, -0.05) is 51.1 Å². The predicted octanol–water partition coefficient (Wildman–Crippen LogP) is 3.79. The summed E-state index contributed by atoms with van der Waals surface area (Å²) in [5.74, 6) is -0.849. The third-order valence-corrected chi connectivity index (χ3v) is 6.11. The number of hydrogen-bond donors (Lipinski definition) is 1. The standard InChI is InChI=1S/C26H31F2N5O2/c1-26(2,3)23(32-13-18(12-29)15-35-16-22(32)34)25-30-24(20-11-19(27)9-10-21(20)28)31-33(25)14-17-7-5-4-6-8-17/h4-11,18,23H,12-16,29H2,1-3H3/t18-,23-/m0/s1. The lowest BCUT2D eigenvalue weighted by atomic mass is 9.84. The number of nitrogens with zero attached hydrogens (tertiary/aromatic N) is 4. The van der Waals surface area contributed by atoms with Crippen LogP contribution in [0.3, 0.4) is 0 Å². The van der Waals surface area contributed by atoms with Crippen LogP contribution in [0.2, 0.25) is 0 Å². The number of hydrogen-bond acceptors (Lipinski definition) is 5. The SMILES string of the molecule is CC(C)(C)[C@H](c1nc(-c2cc(F)ccc2F)nn1Cc1ccccc1)N1C[C@H](CN)COCC1=O. The van der Waals surface area contributed by atoms with Crippen molar-refractivity contribution < 1.29 is 18.3 Å². The highest BCUT2D eigenvalue weighted by Crippen LogP contribution is 2.39. The number of aromatic nitrogens is 3. The molecule has 2 aromatic carbocycles. The molecule has 1 amide bonds. The van der Waals surface area contributed by atoms with Gasteiger partial charge < -0.3 is 15.4 Å². The minimum Gasteiger partial charge on any atom is -0.371 e. The van der Waals surface area contributed by atoms with Crippen LogP contribution in [-0.4, -0.2) is 51.9 Å². The van der Waals surface area contributed by atoms with E-state index in [2.05, 4.69) is 5.10 Å². The lowest BCUT2D eigenvalue weighted by Gasteiger charge is -2.39. The average molecular weight is 484 g/mol. The Morgan fingerprint density at radius 1 is 1.17 bits per heavy atom. The highest BCUT2D eigenvalue weighted by Gasteiger charge is 2.40. The molecule has 0 saturated carbocycles. The number of carbonyl (C=O) groups excluding carboxylic acids is 1. The molecule has 1 fully saturated rings. The first-order chi connectivity index (χ1) is 16.7. The van der Waals surface area contributed by atoms with E-state index in [-0.39, 0.29) is 29.8 Å². The van der Waals surface area contributed by atoms with Crippen LogP contribution in [0, 0.1) is 23.0 Å². The molecule has 0 spiro atoms. The number of carbonyl (C=O) groups is 1. The van der Waals surface area contributed by atoms with Crippen molar-refractivity contribution in [3.05, 3.63) is 71.6 Å². The van der Waals surface area contributed by atoms with Gasteiger partial charge in [0.2, 0.25) is 5.91 Å². The Morgan fingerprint density at radius 2 is 1.91 bits per heavy atom. The molecular weight excluding hydrogens is 452 g/mol. The molecule has 1 aromatic heterocycles. The van der Waals surface area contributed by atoms with Gasteiger partial charge in [-0.2, -0.15) is 5.10 Å². The number of nitrogens with two attached hydrogens (primary N) is 1. The quantitative estimate of drug-likeness (QED) is 0.577. The molecule has 1 aliphatic rings. The highest BCUT2D eigenvalue weighted by molar-refractivity contribution is 5.78. The zero-order valence-corrected chi connectivity index (χ0v) is 20.2. The van der Waals surface area contributed by atoms with Crippen LogP contribution in [0.5, 0.6) is 0 Å². The summed E-state index contributed by atoms with van der Waals surface area (Å²) in [7, 11) is 0. The van der Waals surface area contributed by atoms with Crippen LogP contribution in [0.4, 0.5) is 8.78 Å². The van der Waals surface area contributed by atoms with Crippen LogP contribution in [0.25, 0.3) is 11.4 Å². The molecule has 2 N–H and O–H groups in total. The zero-order chi connectivity index (χ0) is 25.2. The van der Waals surface area contributed by atoms with Gasteiger partial charge >= 0.3 is 0 Å². The van der Waals surface area contributed by atoms with E-state index in [1.54, 1.807) is 9.58 Å². The molecule has 1 aliphatic heterocycles. The summed E-state index contributed by atoms with van der Waals surface area (Å²) in [6.07, 6.45) is 0. The molecule has 0 unspecified atom stereocenters. The second-order valence-electron chi connectivity index (χ2n) is 9.99. The normalized spacial score (nSPS) is 17.9. The Hall–Kier alpha value is -3.17. The average Bonchev–Trinajstić information content (AvgIpc) is 3.11. The van der Waals surface area contributed by atoms with E-state index in [4.69, 9.17) is 15.5 Å². The van der Waals surface area contributed by atoms with Crippen molar-refractivity contribution in [1.82, 2.24) is 19.7 Å². The van der Waals surface area contributed by atoms with Crippen molar-refractivity contribution in [3.63, 3.8) is 0 Å². The minimum absolute atomic E-state index is 0.0306. The first kappa shape index (κ1) is 24.9. The second kappa shape index (κ2) is 10.2. The Labute approximate surface area is 203 Å². The third-order valence-electron chi connectivity index (χ3n) is 6.11. The lowest BCUT2D eigenvalue weighted by Crippen LogP contribution is -2.45. The molecule has 4 rings (SSSR count). The van der Waals surface area contributed by atoms with Gasteiger partial charge in [0, 0.05) is 12.5 Å². The monoisotopic (exact) mass is 483 g/mol. The van der Waals surface area contributed by atoms with E-state index >= 15 is 0 Å². The Kier molecular flexibility index (Phi) is 7.28. The fourth-order valence-corrected chi connectivity index (χ4v) is 4.43. The molecular formula is C26H31F2N5O2. The molecule has 1 saturated heterocycles. The predicted molar refractivity (Wildman–Crippen MR) is 128 cm³/mol. The summed E-state index contributed by atoms with van der Waals surface area (Å²) in [4.78, 5) is 19.6. The maximum absolute atomic E-state index is 14.7. The number of ether oxygens (including phenoxy) is 1. The summed E-state index contributed by atoms with van der Waals surface area (Å²) in [6, 6.07) is 12.4. The van der Waals surface area contributed by atoms with Crippen LogP contribution in [-0.2, 0) is 16.1 Å². The summed E-state index contributed by atoms with van der Waals surface area (Å²) in [5, 5.41) is 4.60. The van der Waals surface area contributed by atoms with Crippen molar-refractivity contribution in [2.75, 3.05) is 26.3 Å². The van der Waals surface area contributed by atoms with Gasteiger partial charge in [-0.25, -0.2) is 18.4 Å². The molecule has 2 heterocycles. The summed E-state index contributed by atoms with van der Waals surface area (Å²) < 4.78 is 35.9. The fraction of sp³-hybridized carbons (Fsp3) is 0.423. The minimum atomic E-state index is -0.621. The number of rotatable bonds is 6. The summed E-state index contributed by atoms with van der Waals surface area (Å²) >= 11 is 0. The Morgan fingerprint density at radius 3 is 2.60 bits per heavy atom. The Balaban J connectivity index is 1.87. The van der Waals surface area contributed by atoms with E-state index < -0.39 is 23.1 Å². The maximum Gasteiger partial charge on any atom is 0.249 e. The van der Waals surface area contributed by atoms with Gasteiger partial charge in [0.15, 0.2) is 11.6 Å². The van der Waals surface area contributed by atoms with Crippen molar-refractivity contribution in [3.8, 4) is 11.4 Å². The largest absolute Gasteiger partial charge is 0.371 e. The van der Waals surface area contributed by atoms with E-state index in [0.29, 0.717) is 32.1 Å². The molecule has 3 aromatic rings. The van der Waals surface area contributed by atoms with Crippen LogP contribution in [0.1, 0.15) is 38.2 Å². The van der Waals surface area contributed by atoms with E-state index in [1.165, 1.54) is 0 Å². The third kappa shape index (κ3) is 5.57.